The largest absolute Gasteiger partial charge is 0.333 e. The van der Waals surface area contributed by atoms with E-state index >= 15 is 0 Å². The molecule has 2 aromatic heterocycles. The second kappa shape index (κ2) is 6.15. The monoisotopic (exact) mass is 314 g/mol. The molecule has 23 heavy (non-hydrogen) atoms. The van der Waals surface area contributed by atoms with E-state index in [0.717, 1.165) is 25.0 Å². The van der Waals surface area contributed by atoms with Crippen LogP contribution >= 0.6 is 0 Å². The smallest absolute Gasteiger partial charge is 0.328 e. The van der Waals surface area contributed by atoms with E-state index in [2.05, 4.69) is 27.2 Å². The molecule has 0 aromatic carbocycles. The molecule has 8 nitrogen and oxygen atoms in total. The minimum atomic E-state index is -0.459. The Hall–Kier alpha value is -2.77. The van der Waals surface area contributed by atoms with Crippen molar-refractivity contribution in [3.8, 4) is 5.82 Å². The van der Waals surface area contributed by atoms with Crippen LogP contribution in [0.5, 0.6) is 0 Å². The van der Waals surface area contributed by atoms with Crippen molar-refractivity contribution in [2.24, 2.45) is 0 Å². The Morgan fingerprint density at radius 2 is 2.04 bits per heavy atom. The molecule has 0 aliphatic heterocycles. The molecule has 1 N–H and O–H groups in total. The van der Waals surface area contributed by atoms with Crippen molar-refractivity contribution in [2.45, 2.75) is 39.5 Å². The molecule has 8 heteroatoms. The third-order valence-corrected chi connectivity index (χ3v) is 3.98. The number of nitro groups is 1. The number of aromatic nitrogens is 4. The van der Waals surface area contributed by atoms with Crippen LogP contribution in [0.15, 0.2) is 30.0 Å². The first-order valence-electron chi connectivity index (χ1n) is 7.53. The molecule has 3 rings (SSSR count). The molecular weight excluding hydrogens is 296 g/mol. The average molecular weight is 314 g/mol. The molecule has 0 atom stereocenters. The highest BCUT2D eigenvalue weighted by atomic mass is 16.6. The Labute approximate surface area is 133 Å². The van der Waals surface area contributed by atoms with Gasteiger partial charge in [-0.2, -0.15) is 4.98 Å². The summed E-state index contributed by atoms with van der Waals surface area (Å²) in [5.74, 6) is 0.601. The summed E-state index contributed by atoms with van der Waals surface area (Å²) >= 11 is 0. The van der Waals surface area contributed by atoms with Crippen LogP contribution in [0.4, 0.5) is 11.6 Å². The molecule has 120 valence electrons. The number of aryl methyl sites for hydroxylation is 1. The highest BCUT2D eigenvalue weighted by Gasteiger charge is 2.24. The molecule has 0 saturated carbocycles. The zero-order valence-electron chi connectivity index (χ0n) is 13.1. The number of nitrogens with one attached hydrogen (secondary N) is 1. The van der Waals surface area contributed by atoms with E-state index in [-0.39, 0.29) is 11.5 Å². The Morgan fingerprint density at radius 1 is 1.26 bits per heavy atom. The summed E-state index contributed by atoms with van der Waals surface area (Å²) < 4.78 is 1.53. The summed E-state index contributed by atoms with van der Waals surface area (Å²) in [4.78, 5) is 23.4. The predicted molar refractivity (Wildman–Crippen MR) is 85.3 cm³/mol. The van der Waals surface area contributed by atoms with Crippen molar-refractivity contribution < 1.29 is 4.92 Å². The van der Waals surface area contributed by atoms with E-state index in [1.165, 1.54) is 22.9 Å². The lowest BCUT2D eigenvalue weighted by atomic mass is 9.98. The number of allylic oxidation sites excluding steroid dienone is 2. The number of imidazole rings is 1. The SMILES string of the molecule is CC1=C(Nc2nc(C)c([N+](=O)[O-])c(-n3ccnc3)n2)CCCC1. The maximum absolute atomic E-state index is 11.4. The highest BCUT2D eigenvalue weighted by Crippen LogP contribution is 2.28. The summed E-state index contributed by atoms with van der Waals surface area (Å²) in [6, 6.07) is 0. The number of hydrogen-bond acceptors (Lipinski definition) is 6. The van der Waals surface area contributed by atoms with Crippen molar-refractivity contribution in [3.05, 3.63) is 45.8 Å². The summed E-state index contributed by atoms with van der Waals surface area (Å²) in [5, 5.41) is 14.6. The summed E-state index contributed by atoms with van der Waals surface area (Å²) in [5.41, 5.74) is 2.62. The van der Waals surface area contributed by atoms with Crippen molar-refractivity contribution in [2.75, 3.05) is 5.32 Å². The lowest BCUT2D eigenvalue weighted by Crippen LogP contribution is -2.13. The highest BCUT2D eigenvalue weighted by molar-refractivity contribution is 5.54. The molecule has 0 fully saturated rings. The molecule has 2 heterocycles. The second-order valence-corrected chi connectivity index (χ2v) is 5.62. The van der Waals surface area contributed by atoms with Crippen LogP contribution in [0, 0.1) is 17.0 Å². The fraction of sp³-hybridized carbons (Fsp3) is 0.400. The van der Waals surface area contributed by atoms with Gasteiger partial charge in [-0.05, 0) is 39.5 Å². The molecule has 1 aliphatic carbocycles. The van der Waals surface area contributed by atoms with Gasteiger partial charge < -0.3 is 5.32 Å². The van der Waals surface area contributed by atoms with Gasteiger partial charge in [0.15, 0.2) is 0 Å². The number of anilines is 1. The molecule has 1 aliphatic rings. The molecule has 0 amide bonds. The summed E-state index contributed by atoms with van der Waals surface area (Å²) in [6.07, 6.45) is 9.00. The van der Waals surface area contributed by atoms with Crippen LogP contribution in [0.1, 0.15) is 38.3 Å². The van der Waals surface area contributed by atoms with E-state index in [1.54, 1.807) is 19.3 Å². The lowest BCUT2D eigenvalue weighted by molar-refractivity contribution is -0.385. The van der Waals surface area contributed by atoms with E-state index in [4.69, 9.17) is 0 Å². The Bertz CT molecular complexity index is 767. The maximum atomic E-state index is 11.4. The van der Waals surface area contributed by atoms with Gasteiger partial charge in [-0.1, -0.05) is 5.57 Å². The quantitative estimate of drug-likeness (QED) is 0.687. The average Bonchev–Trinajstić information content (AvgIpc) is 3.03. The molecular formula is C15H18N6O2. The van der Waals surface area contributed by atoms with E-state index in [0.29, 0.717) is 11.6 Å². The zero-order chi connectivity index (χ0) is 16.4. The molecule has 0 saturated heterocycles. The van der Waals surface area contributed by atoms with Crippen LogP contribution in [-0.2, 0) is 0 Å². The Kier molecular flexibility index (Phi) is 4.05. The number of hydrogen-bond donors (Lipinski definition) is 1. The molecule has 0 radical (unpaired) electrons. The Balaban J connectivity index is 2.04. The van der Waals surface area contributed by atoms with Crippen LogP contribution in [0.2, 0.25) is 0 Å². The second-order valence-electron chi connectivity index (χ2n) is 5.62. The van der Waals surface area contributed by atoms with E-state index < -0.39 is 4.92 Å². The van der Waals surface area contributed by atoms with Crippen molar-refractivity contribution in [3.63, 3.8) is 0 Å². The van der Waals surface area contributed by atoms with Crippen LogP contribution in [-0.4, -0.2) is 24.4 Å². The summed E-state index contributed by atoms with van der Waals surface area (Å²) in [7, 11) is 0. The third kappa shape index (κ3) is 3.05. The predicted octanol–water partition coefficient (Wildman–Crippen LogP) is 3.14. The topological polar surface area (TPSA) is 98.8 Å². The normalized spacial score (nSPS) is 14.9. The van der Waals surface area contributed by atoms with Gasteiger partial charge >= 0.3 is 5.69 Å². The standard InChI is InChI=1S/C15H18N6O2/c1-10-5-3-4-6-12(10)18-15-17-11(2)13(21(22)23)14(19-15)20-8-7-16-9-20/h7-9H,3-6H2,1-2H3,(H,17,18,19). The third-order valence-electron chi connectivity index (χ3n) is 3.98. The minimum Gasteiger partial charge on any atom is -0.328 e. The van der Waals surface area contributed by atoms with Gasteiger partial charge in [0.2, 0.25) is 11.8 Å². The van der Waals surface area contributed by atoms with Gasteiger partial charge in [0.05, 0.1) is 4.92 Å². The van der Waals surface area contributed by atoms with Gasteiger partial charge in [-0.3, -0.25) is 14.7 Å². The van der Waals surface area contributed by atoms with Crippen molar-refractivity contribution in [1.82, 2.24) is 19.5 Å². The minimum absolute atomic E-state index is 0.108. The molecule has 0 bridgehead atoms. The van der Waals surface area contributed by atoms with Gasteiger partial charge in [0.25, 0.3) is 0 Å². The number of rotatable bonds is 4. The Morgan fingerprint density at radius 3 is 2.70 bits per heavy atom. The first-order chi connectivity index (χ1) is 11.1. The van der Waals surface area contributed by atoms with Crippen molar-refractivity contribution in [1.29, 1.82) is 0 Å². The molecule has 2 aromatic rings. The maximum Gasteiger partial charge on any atom is 0.333 e. The van der Waals surface area contributed by atoms with Gasteiger partial charge in [-0.25, -0.2) is 9.97 Å². The van der Waals surface area contributed by atoms with Gasteiger partial charge in [-0.15, -0.1) is 0 Å². The van der Waals surface area contributed by atoms with E-state index in [1.807, 2.05) is 0 Å². The number of nitrogens with zero attached hydrogens (tertiary/aromatic N) is 5. The van der Waals surface area contributed by atoms with Gasteiger partial charge in [0.1, 0.15) is 12.0 Å². The van der Waals surface area contributed by atoms with E-state index in [9.17, 15) is 10.1 Å². The first kappa shape index (κ1) is 15.1. The summed E-state index contributed by atoms with van der Waals surface area (Å²) in [6.45, 7) is 3.71. The lowest BCUT2D eigenvalue weighted by Gasteiger charge is -2.19. The fourth-order valence-corrected chi connectivity index (χ4v) is 2.75. The fourth-order valence-electron chi connectivity index (χ4n) is 2.75. The van der Waals surface area contributed by atoms with Crippen LogP contribution in [0.3, 0.4) is 0 Å². The van der Waals surface area contributed by atoms with Crippen molar-refractivity contribution >= 4 is 11.6 Å². The molecule has 0 spiro atoms. The first-order valence-corrected chi connectivity index (χ1v) is 7.53. The van der Waals surface area contributed by atoms with Crippen LogP contribution < -0.4 is 5.32 Å². The zero-order valence-corrected chi connectivity index (χ0v) is 13.1. The van der Waals surface area contributed by atoms with Crippen LogP contribution in [0.25, 0.3) is 5.82 Å². The molecule has 0 unspecified atom stereocenters. The van der Waals surface area contributed by atoms with Gasteiger partial charge in [0, 0.05) is 18.1 Å².